The Kier molecular flexibility index (Phi) is 5.20. The molecule has 0 radical (unpaired) electrons. The van der Waals surface area contributed by atoms with E-state index in [4.69, 9.17) is 5.26 Å². The fourth-order valence-corrected chi connectivity index (χ4v) is 3.80. The number of likely N-dealkylation sites (tertiary alicyclic amines) is 1. The molecule has 1 aliphatic heterocycles. The van der Waals surface area contributed by atoms with Crippen LogP contribution in [0.15, 0.2) is 48.7 Å². The Morgan fingerprint density at radius 2 is 1.90 bits per heavy atom. The number of aromatic nitrogens is 1. The highest BCUT2D eigenvalue weighted by Crippen LogP contribution is 2.33. The predicted octanol–water partition coefficient (Wildman–Crippen LogP) is 2.87. The average molecular weight is 405 g/mol. The number of carbonyl (C=O) groups excluding carboxylic acids is 1. The van der Waals surface area contributed by atoms with Crippen molar-refractivity contribution in [3.63, 3.8) is 0 Å². The van der Waals surface area contributed by atoms with E-state index in [1.165, 1.54) is 18.3 Å². The number of aliphatic hydroxyl groups is 2. The van der Waals surface area contributed by atoms with Crippen LogP contribution in [0.1, 0.15) is 28.8 Å². The van der Waals surface area contributed by atoms with Crippen LogP contribution in [0.4, 0.5) is 4.39 Å². The maximum absolute atomic E-state index is 14.0. The molecule has 0 unspecified atom stereocenters. The third-order valence-corrected chi connectivity index (χ3v) is 5.64. The maximum atomic E-state index is 14.0. The highest BCUT2D eigenvalue weighted by Gasteiger charge is 2.34. The Bertz CT molecular complexity index is 1150. The van der Waals surface area contributed by atoms with E-state index < -0.39 is 11.4 Å². The highest BCUT2D eigenvalue weighted by atomic mass is 19.1. The summed E-state index contributed by atoms with van der Waals surface area (Å²) in [6, 6.07) is 13.1. The van der Waals surface area contributed by atoms with Crippen molar-refractivity contribution in [1.29, 1.82) is 5.26 Å². The van der Waals surface area contributed by atoms with Crippen LogP contribution in [0.25, 0.3) is 22.0 Å². The quantitative estimate of drug-likeness (QED) is 0.698. The van der Waals surface area contributed by atoms with Crippen LogP contribution < -0.4 is 0 Å². The first kappa shape index (κ1) is 20.0. The smallest absolute Gasteiger partial charge is 0.256 e. The summed E-state index contributed by atoms with van der Waals surface area (Å²) in [6.07, 6.45) is 2.04. The first-order chi connectivity index (χ1) is 14.4. The molecule has 0 aliphatic carbocycles. The summed E-state index contributed by atoms with van der Waals surface area (Å²) in [5.74, 6) is -0.706. The normalized spacial score (nSPS) is 15.7. The van der Waals surface area contributed by atoms with Crippen LogP contribution in [0.2, 0.25) is 0 Å². The number of piperidine rings is 1. The molecule has 1 aromatic heterocycles. The summed E-state index contributed by atoms with van der Waals surface area (Å²) in [4.78, 5) is 19.3. The van der Waals surface area contributed by atoms with Crippen LogP contribution in [0, 0.1) is 17.1 Å². The van der Waals surface area contributed by atoms with Crippen molar-refractivity contribution >= 4 is 16.8 Å². The largest absolute Gasteiger partial charge is 0.393 e. The summed E-state index contributed by atoms with van der Waals surface area (Å²) < 4.78 is 14.0. The Balaban J connectivity index is 1.81. The molecule has 2 heterocycles. The number of nitriles is 1. The molecule has 1 saturated heterocycles. The molecule has 0 bridgehead atoms. The van der Waals surface area contributed by atoms with Gasteiger partial charge in [0.15, 0.2) is 0 Å². The minimum Gasteiger partial charge on any atom is -0.393 e. The SMILES string of the molecule is N#Cc1ccc(-c2c(C(=O)N3CCC(O)(CO)CC3)cnc3ccc(F)cc23)cc1. The first-order valence-electron chi connectivity index (χ1n) is 9.65. The number of amides is 1. The number of aliphatic hydroxyl groups excluding tert-OH is 1. The molecule has 1 aliphatic rings. The molecule has 2 N–H and O–H groups in total. The standard InChI is InChI=1S/C23H20FN3O3/c24-17-5-6-20-18(11-17)21(16-3-1-15(12-25)2-4-16)19(13-26-20)22(29)27-9-7-23(30,14-28)8-10-27/h1-6,11,13,28,30H,7-10,14H2. The molecule has 2 aromatic carbocycles. The zero-order chi connectivity index (χ0) is 21.3. The molecular formula is C23H20FN3O3. The van der Waals surface area contributed by atoms with Gasteiger partial charge in [-0.1, -0.05) is 12.1 Å². The van der Waals surface area contributed by atoms with Gasteiger partial charge in [-0.2, -0.15) is 5.26 Å². The van der Waals surface area contributed by atoms with Crippen LogP contribution in [0.5, 0.6) is 0 Å². The van der Waals surface area contributed by atoms with Gasteiger partial charge in [0.25, 0.3) is 5.91 Å². The number of benzene rings is 2. The number of halogens is 1. The van der Waals surface area contributed by atoms with Gasteiger partial charge in [-0.3, -0.25) is 9.78 Å². The molecule has 0 saturated carbocycles. The van der Waals surface area contributed by atoms with Crippen LogP contribution in [-0.4, -0.2) is 51.3 Å². The van der Waals surface area contributed by atoms with E-state index in [2.05, 4.69) is 11.1 Å². The minimum atomic E-state index is -1.17. The molecule has 0 atom stereocenters. The summed E-state index contributed by atoms with van der Waals surface area (Å²) in [7, 11) is 0. The number of nitrogens with zero attached hydrogens (tertiary/aromatic N) is 3. The van der Waals surface area contributed by atoms with Crippen molar-refractivity contribution in [1.82, 2.24) is 9.88 Å². The molecule has 3 aromatic rings. The lowest BCUT2D eigenvalue weighted by Gasteiger charge is -2.37. The van der Waals surface area contributed by atoms with E-state index in [-0.39, 0.29) is 25.4 Å². The van der Waals surface area contributed by atoms with Gasteiger partial charge in [-0.05, 0) is 48.7 Å². The maximum Gasteiger partial charge on any atom is 0.256 e. The lowest BCUT2D eigenvalue weighted by atomic mass is 9.91. The number of rotatable bonds is 3. The van der Waals surface area contributed by atoms with Crippen molar-refractivity contribution in [2.24, 2.45) is 0 Å². The van der Waals surface area contributed by atoms with Crippen molar-refractivity contribution in [2.45, 2.75) is 18.4 Å². The summed E-state index contributed by atoms with van der Waals surface area (Å²) in [5, 5.41) is 29.2. The highest BCUT2D eigenvalue weighted by molar-refractivity contribution is 6.08. The van der Waals surface area contributed by atoms with Gasteiger partial charge in [0.2, 0.25) is 0 Å². The number of hydrogen-bond acceptors (Lipinski definition) is 5. The van der Waals surface area contributed by atoms with Crippen LogP contribution in [0.3, 0.4) is 0 Å². The lowest BCUT2D eigenvalue weighted by molar-refractivity contribution is -0.0546. The average Bonchev–Trinajstić information content (AvgIpc) is 2.78. The van der Waals surface area contributed by atoms with E-state index in [1.54, 1.807) is 35.2 Å². The van der Waals surface area contributed by atoms with Crippen molar-refractivity contribution in [3.8, 4) is 17.2 Å². The number of fused-ring (bicyclic) bond motifs is 1. The van der Waals surface area contributed by atoms with Gasteiger partial charge in [-0.25, -0.2) is 4.39 Å². The molecule has 0 spiro atoms. The third-order valence-electron chi connectivity index (χ3n) is 5.64. The van der Waals surface area contributed by atoms with Crippen molar-refractivity contribution < 1.29 is 19.4 Å². The minimum absolute atomic E-state index is 0.270. The predicted molar refractivity (Wildman–Crippen MR) is 109 cm³/mol. The second-order valence-electron chi connectivity index (χ2n) is 7.57. The van der Waals surface area contributed by atoms with E-state index in [0.717, 1.165) is 0 Å². The number of carbonyl (C=O) groups is 1. The second kappa shape index (κ2) is 7.82. The molecule has 4 rings (SSSR count). The Morgan fingerprint density at radius 3 is 2.53 bits per heavy atom. The molecular weight excluding hydrogens is 385 g/mol. The van der Waals surface area contributed by atoms with Gasteiger partial charge in [0.1, 0.15) is 5.82 Å². The Morgan fingerprint density at radius 1 is 1.20 bits per heavy atom. The molecule has 152 valence electrons. The number of pyridine rings is 1. The molecule has 1 fully saturated rings. The zero-order valence-electron chi connectivity index (χ0n) is 16.2. The van der Waals surface area contributed by atoms with E-state index in [0.29, 0.717) is 46.2 Å². The van der Waals surface area contributed by atoms with Gasteiger partial charge < -0.3 is 15.1 Å². The molecule has 6 nitrogen and oxygen atoms in total. The van der Waals surface area contributed by atoms with E-state index in [9.17, 15) is 19.4 Å². The number of hydrogen-bond donors (Lipinski definition) is 2. The molecule has 7 heteroatoms. The van der Waals surface area contributed by atoms with Gasteiger partial charge in [0, 0.05) is 30.2 Å². The third kappa shape index (κ3) is 3.63. The Hall–Kier alpha value is -3.34. The summed E-state index contributed by atoms with van der Waals surface area (Å²) in [6.45, 7) is 0.246. The van der Waals surface area contributed by atoms with E-state index in [1.807, 2.05) is 0 Å². The fourth-order valence-electron chi connectivity index (χ4n) is 3.80. The fraction of sp³-hybridized carbons (Fsp3) is 0.261. The second-order valence-corrected chi connectivity index (χ2v) is 7.57. The molecule has 1 amide bonds. The summed E-state index contributed by atoms with van der Waals surface area (Å²) in [5.41, 5.74) is 1.43. The van der Waals surface area contributed by atoms with Gasteiger partial charge in [0.05, 0.1) is 34.9 Å². The monoisotopic (exact) mass is 405 g/mol. The zero-order valence-corrected chi connectivity index (χ0v) is 16.2. The molecule has 30 heavy (non-hydrogen) atoms. The van der Waals surface area contributed by atoms with Crippen molar-refractivity contribution in [3.05, 3.63) is 65.6 Å². The first-order valence-corrected chi connectivity index (χ1v) is 9.65. The van der Waals surface area contributed by atoms with Gasteiger partial charge >= 0.3 is 0 Å². The van der Waals surface area contributed by atoms with Crippen molar-refractivity contribution in [2.75, 3.05) is 19.7 Å². The lowest BCUT2D eigenvalue weighted by Crippen LogP contribution is -2.48. The Labute approximate surface area is 172 Å². The topological polar surface area (TPSA) is 97.5 Å². The van der Waals surface area contributed by atoms with Crippen LogP contribution in [-0.2, 0) is 0 Å². The summed E-state index contributed by atoms with van der Waals surface area (Å²) >= 11 is 0. The van der Waals surface area contributed by atoms with Gasteiger partial charge in [-0.15, -0.1) is 0 Å². The van der Waals surface area contributed by atoms with E-state index >= 15 is 0 Å². The van der Waals surface area contributed by atoms with Crippen LogP contribution >= 0.6 is 0 Å².